The Balaban J connectivity index is 1.81. The molecule has 0 fully saturated rings. The van der Waals surface area contributed by atoms with Crippen molar-refractivity contribution >= 4 is 10.9 Å². The number of hydrogen-bond acceptors (Lipinski definition) is 2. The number of aryl methyl sites for hydroxylation is 2. The van der Waals surface area contributed by atoms with E-state index in [1.807, 2.05) is 24.3 Å². The maximum Gasteiger partial charge on any atom is 0.416 e. The van der Waals surface area contributed by atoms with Gasteiger partial charge in [0.1, 0.15) is 0 Å². The van der Waals surface area contributed by atoms with Gasteiger partial charge >= 0.3 is 6.18 Å². The predicted molar refractivity (Wildman–Crippen MR) is 88.5 cm³/mol. The third-order valence-corrected chi connectivity index (χ3v) is 4.13. The minimum atomic E-state index is -4.29. The molecule has 0 bridgehead atoms. The molecule has 0 aliphatic heterocycles. The van der Waals surface area contributed by atoms with Crippen LogP contribution < -0.4 is 5.73 Å². The summed E-state index contributed by atoms with van der Waals surface area (Å²) < 4.78 is 37.8. The highest BCUT2D eigenvalue weighted by Gasteiger charge is 2.29. The van der Waals surface area contributed by atoms with Crippen LogP contribution in [0.15, 0.2) is 54.7 Å². The van der Waals surface area contributed by atoms with Crippen molar-refractivity contribution in [2.45, 2.75) is 25.6 Å². The average Bonchev–Trinajstić information content (AvgIpc) is 2.59. The van der Waals surface area contributed by atoms with Gasteiger partial charge in [-0.2, -0.15) is 13.2 Å². The van der Waals surface area contributed by atoms with Gasteiger partial charge in [0, 0.05) is 18.1 Å². The SMILES string of the molecule is NCc1ccc(CCc2ccc(C(F)(F)F)cc2)c2ncccc12. The van der Waals surface area contributed by atoms with Gasteiger partial charge in [0.2, 0.25) is 0 Å². The fourth-order valence-corrected chi connectivity index (χ4v) is 2.81. The summed E-state index contributed by atoms with van der Waals surface area (Å²) in [5.41, 5.74) is 9.03. The summed E-state index contributed by atoms with van der Waals surface area (Å²) in [5.74, 6) is 0. The zero-order valence-corrected chi connectivity index (χ0v) is 13.0. The van der Waals surface area contributed by atoms with E-state index in [4.69, 9.17) is 5.73 Å². The molecule has 1 heterocycles. The van der Waals surface area contributed by atoms with Crippen molar-refractivity contribution in [1.29, 1.82) is 0 Å². The minimum Gasteiger partial charge on any atom is -0.326 e. The van der Waals surface area contributed by atoms with E-state index in [0.29, 0.717) is 19.4 Å². The number of halogens is 3. The fraction of sp³-hybridized carbons (Fsp3) is 0.211. The Labute approximate surface area is 138 Å². The topological polar surface area (TPSA) is 38.9 Å². The molecule has 2 aromatic carbocycles. The molecule has 0 aliphatic rings. The van der Waals surface area contributed by atoms with Crippen LogP contribution in [0.3, 0.4) is 0 Å². The first kappa shape index (κ1) is 16.5. The molecule has 124 valence electrons. The maximum atomic E-state index is 12.6. The number of nitrogens with zero attached hydrogens (tertiary/aromatic N) is 1. The van der Waals surface area contributed by atoms with Crippen LogP contribution in [-0.2, 0) is 25.6 Å². The predicted octanol–water partition coefficient (Wildman–Crippen LogP) is 4.50. The standard InChI is InChI=1S/C19H17F3N2/c20-19(21,22)16-9-4-13(5-10-16)3-6-14-7-8-15(12-23)17-2-1-11-24-18(14)17/h1-2,4-5,7-11H,3,6,12,23H2. The van der Waals surface area contributed by atoms with Gasteiger partial charge in [-0.3, -0.25) is 4.98 Å². The summed E-state index contributed by atoms with van der Waals surface area (Å²) in [6.45, 7) is 0.446. The van der Waals surface area contributed by atoms with Gasteiger partial charge < -0.3 is 5.73 Å². The van der Waals surface area contributed by atoms with Gasteiger partial charge in [-0.15, -0.1) is 0 Å². The first-order valence-corrected chi connectivity index (χ1v) is 7.71. The van der Waals surface area contributed by atoms with Crippen molar-refractivity contribution in [3.63, 3.8) is 0 Å². The van der Waals surface area contributed by atoms with Crippen molar-refractivity contribution in [3.8, 4) is 0 Å². The van der Waals surface area contributed by atoms with Crippen LogP contribution in [0.2, 0.25) is 0 Å². The molecule has 0 saturated carbocycles. The Bertz CT molecular complexity index is 839. The summed E-state index contributed by atoms with van der Waals surface area (Å²) in [7, 11) is 0. The third-order valence-electron chi connectivity index (χ3n) is 4.13. The van der Waals surface area contributed by atoms with Gasteiger partial charge in [-0.1, -0.05) is 30.3 Å². The van der Waals surface area contributed by atoms with E-state index in [1.54, 1.807) is 6.20 Å². The molecule has 2 N–H and O–H groups in total. The molecular weight excluding hydrogens is 313 g/mol. The molecule has 0 aliphatic carbocycles. The van der Waals surface area contributed by atoms with E-state index in [-0.39, 0.29) is 0 Å². The van der Waals surface area contributed by atoms with Gasteiger partial charge in [-0.05, 0) is 47.7 Å². The number of alkyl halides is 3. The number of hydrogen-bond donors (Lipinski definition) is 1. The Morgan fingerprint density at radius 2 is 1.58 bits per heavy atom. The lowest BCUT2D eigenvalue weighted by Crippen LogP contribution is -2.04. The summed E-state index contributed by atoms with van der Waals surface area (Å²) in [6, 6.07) is 13.2. The highest BCUT2D eigenvalue weighted by Crippen LogP contribution is 2.29. The van der Waals surface area contributed by atoms with Crippen molar-refractivity contribution in [2.75, 3.05) is 0 Å². The first-order valence-electron chi connectivity index (χ1n) is 7.71. The molecule has 3 rings (SSSR count). The van der Waals surface area contributed by atoms with Gasteiger partial charge in [0.15, 0.2) is 0 Å². The third kappa shape index (κ3) is 3.41. The van der Waals surface area contributed by atoms with E-state index in [1.165, 1.54) is 12.1 Å². The normalized spacial score (nSPS) is 11.8. The molecule has 2 nitrogen and oxygen atoms in total. The highest BCUT2D eigenvalue weighted by atomic mass is 19.4. The molecule has 0 saturated heterocycles. The Morgan fingerprint density at radius 1 is 0.875 bits per heavy atom. The molecule has 3 aromatic rings. The van der Waals surface area contributed by atoms with E-state index in [2.05, 4.69) is 4.98 Å². The van der Waals surface area contributed by atoms with Crippen molar-refractivity contribution in [1.82, 2.24) is 4.98 Å². The summed E-state index contributed by atoms with van der Waals surface area (Å²) in [4.78, 5) is 4.44. The fourth-order valence-electron chi connectivity index (χ4n) is 2.81. The summed E-state index contributed by atoms with van der Waals surface area (Å²) in [5, 5.41) is 1.03. The Kier molecular flexibility index (Phi) is 4.53. The van der Waals surface area contributed by atoms with Crippen LogP contribution in [0.4, 0.5) is 13.2 Å². The summed E-state index contributed by atoms with van der Waals surface area (Å²) >= 11 is 0. The average molecular weight is 330 g/mol. The van der Waals surface area contributed by atoms with Crippen LogP contribution in [0.5, 0.6) is 0 Å². The molecule has 0 amide bonds. The van der Waals surface area contributed by atoms with Crippen molar-refractivity contribution in [2.24, 2.45) is 5.73 Å². The molecule has 0 unspecified atom stereocenters. The quantitative estimate of drug-likeness (QED) is 0.765. The number of rotatable bonds is 4. The van der Waals surface area contributed by atoms with Crippen LogP contribution >= 0.6 is 0 Å². The monoisotopic (exact) mass is 330 g/mol. The smallest absolute Gasteiger partial charge is 0.326 e. The van der Waals surface area contributed by atoms with Crippen LogP contribution in [-0.4, -0.2) is 4.98 Å². The van der Waals surface area contributed by atoms with E-state index in [0.717, 1.165) is 39.7 Å². The van der Waals surface area contributed by atoms with E-state index in [9.17, 15) is 13.2 Å². The second kappa shape index (κ2) is 6.61. The van der Waals surface area contributed by atoms with E-state index < -0.39 is 11.7 Å². The Hall–Kier alpha value is -2.40. The maximum absolute atomic E-state index is 12.6. The zero-order chi connectivity index (χ0) is 17.2. The molecular formula is C19H17F3N2. The molecule has 1 aromatic heterocycles. The number of aromatic nitrogens is 1. The molecule has 0 atom stereocenters. The summed E-state index contributed by atoms with van der Waals surface area (Å²) in [6.07, 6.45) is -1.18. The zero-order valence-electron chi connectivity index (χ0n) is 13.0. The molecule has 24 heavy (non-hydrogen) atoms. The molecule has 0 radical (unpaired) electrons. The largest absolute Gasteiger partial charge is 0.416 e. The lowest BCUT2D eigenvalue weighted by atomic mass is 9.98. The van der Waals surface area contributed by atoms with Gasteiger partial charge in [0.25, 0.3) is 0 Å². The second-order valence-electron chi connectivity index (χ2n) is 5.68. The van der Waals surface area contributed by atoms with Crippen molar-refractivity contribution in [3.05, 3.63) is 77.0 Å². The Morgan fingerprint density at radius 3 is 2.25 bits per heavy atom. The number of benzene rings is 2. The van der Waals surface area contributed by atoms with Crippen LogP contribution in [0.25, 0.3) is 10.9 Å². The van der Waals surface area contributed by atoms with E-state index >= 15 is 0 Å². The number of pyridine rings is 1. The lowest BCUT2D eigenvalue weighted by Gasteiger charge is -2.10. The number of fused-ring (bicyclic) bond motifs is 1. The minimum absolute atomic E-state index is 0.446. The van der Waals surface area contributed by atoms with Crippen molar-refractivity contribution < 1.29 is 13.2 Å². The van der Waals surface area contributed by atoms with Gasteiger partial charge in [0.05, 0.1) is 11.1 Å². The van der Waals surface area contributed by atoms with Crippen LogP contribution in [0, 0.1) is 0 Å². The first-order chi connectivity index (χ1) is 11.5. The lowest BCUT2D eigenvalue weighted by molar-refractivity contribution is -0.137. The molecule has 5 heteroatoms. The van der Waals surface area contributed by atoms with Crippen LogP contribution in [0.1, 0.15) is 22.3 Å². The highest BCUT2D eigenvalue weighted by molar-refractivity contribution is 5.85. The van der Waals surface area contributed by atoms with Gasteiger partial charge in [-0.25, -0.2) is 0 Å². The molecule has 0 spiro atoms. The number of nitrogens with two attached hydrogens (primary N) is 1. The second-order valence-corrected chi connectivity index (χ2v) is 5.68.